The fraction of sp³-hybridized carbons (Fsp3) is 0.625. The van der Waals surface area contributed by atoms with E-state index in [4.69, 9.17) is 4.74 Å². The number of benzene rings is 1. The Bertz CT molecular complexity index is 342. The van der Waals surface area contributed by atoms with E-state index in [2.05, 4.69) is 40.5 Å². The molecular formula is C16H26N2O. The lowest BCUT2D eigenvalue weighted by Crippen LogP contribution is -2.27. The van der Waals surface area contributed by atoms with Gasteiger partial charge in [0, 0.05) is 38.5 Å². The van der Waals surface area contributed by atoms with Gasteiger partial charge in [-0.1, -0.05) is 18.2 Å². The predicted octanol–water partition coefficient (Wildman–Crippen LogP) is 2.99. The van der Waals surface area contributed by atoms with E-state index in [0.29, 0.717) is 6.04 Å². The summed E-state index contributed by atoms with van der Waals surface area (Å²) in [6.45, 7) is 4.54. The molecule has 19 heavy (non-hydrogen) atoms. The maximum Gasteiger partial charge on any atom is 0.0462 e. The number of anilines is 1. The molecule has 0 aromatic heterocycles. The predicted molar refractivity (Wildman–Crippen MR) is 80.6 cm³/mol. The number of nitrogens with one attached hydrogen (secondary N) is 1. The van der Waals surface area contributed by atoms with E-state index in [-0.39, 0.29) is 0 Å². The third-order valence-corrected chi connectivity index (χ3v) is 3.74. The van der Waals surface area contributed by atoms with Gasteiger partial charge in [0.1, 0.15) is 0 Å². The van der Waals surface area contributed by atoms with Crippen molar-refractivity contribution in [2.24, 2.45) is 0 Å². The summed E-state index contributed by atoms with van der Waals surface area (Å²) in [5.41, 5.74) is 1.24. The fourth-order valence-corrected chi connectivity index (χ4v) is 2.68. The molecule has 1 N–H and O–H groups in total. The summed E-state index contributed by atoms with van der Waals surface area (Å²) in [6, 6.07) is 11.1. The van der Waals surface area contributed by atoms with Crippen LogP contribution in [-0.2, 0) is 4.74 Å². The summed E-state index contributed by atoms with van der Waals surface area (Å²) in [5, 5.41) is 3.62. The molecule has 1 heterocycles. The van der Waals surface area contributed by atoms with Crippen LogP contribution in [0.15, 0.2) is 30.3 Å². The number of para-hydroxylation sites is 1. The van der Waals surface area contributed by atoms with Gasteiger partial charge in [-0.15, -0.1) is 0 Å². The highest BCUT2D eigenvalue weighted by Gasteiger charge is 2.21. The second kappa shape index (κ2) is 8.18. The Balaban J connectivity index is 1.60. The van der Waals surface area contributed by atoms with Crippen LogP contribution in [0.2, 0.25) is 0 Å². The summed E-state index contributed by atoms with van der Waals surface area (Å²) in [4.78, 5) is 2.58. The zero-order valence-corrected chi connectivity index (χ0v) is 12.0. The van der Waals surface area contributed by atoms with Crippen molar-refractivity contribution in [1.82, 2.24) is 4.90 Å². The van der Waals surface area contributed by atoms with E-state index < -0.39 is 0 Å². The van der Waals surface area contributed by atoms with Crippen LogP contribution in [-0.4, -0.2) is 44.3 Å². The van der Waals surface area contributed by atoms with Gasteiger partial charge in [-0.2, -0.15) is 0 Å². The van der Waals surface area contributed by atoms with E-state index in [1.807, 2.05) is 0 Å². The first-order valence-electron chi connectivity index (χ1n) is 7.41. The van der Waals surface area contributed by atoms with Crippen molar-refractivity contribution in [1.29, 1.82) is 0 Å². The highest BCUT2D eigenvalue weighted by Crippen LogP contribution is 2.16. The highest BCUT2D eigenvalue weighted by atomic mass is 16.5. The van der Waals surface area contributed by atoms with Gasteiger partial charge >= 0.3 is 0 Å². The van der Waals surface area contributed by atoms with E-state index >= 15 is 0 Å². The van der Waals surface area contributed by atoms with Crippen molar-refractivity contribution < 1.29 is 4.74 Å². The lowest BCUT2D eigenvalue weighted by molar-refractivity contribution is 0.190. The smallest absolute Gasteiger partial charge is 0.0462 e. The number of rotatable bonds is 8. The zero-order chi connectivity index (χ0) is 13.3. The van der Waals surface area contributed by atoms with Gasteiger partial charge in [-0.05, 0) is 44.4 Å². The van der Waals surface area contributed by atoms with Crippen molar-refractivity contribution in [3.8, 4) is 0 Å². The van der Waals surface area contributed by atoms with Gasteiger partial charge in [-0.3, -0.25) is 0 Å². The van der Waals surface area contributed by atoms with Gasteiger partial charge in [0.25, 0.3) is 0 Å². The number of methoxy groups -OCH3 is 1. The van der Waals surface area contributed by atoms with E-state index in [0.717, 1.165) is 6.61 Å². The number of hydrogen-bond acceptors (Lipinski definition) is 3. The molecule has 1 fully saturated rings. The van der Waals surface area contributed by atoms with Gasteiger partial charge in [0.05, 0.1) is 0 Å². The van der Waals surface area contributed by atoms with Crippen LogP contribution in [0.3, 0.4) is 0 Å². The van der Waals surface area contributed by atoms with Crippen molar-refractivity contribution in [3.63, 3.8) is 0 Å². The first-order valence-corrected chi connectivity index (χ1v) is 7.41. The van der Waals surface area contributed by atoms with Gasteiger partial charge in [0.15, 0.2) is 0 Å². The molecule has 0 amide bonds. The molecule has 1 aliphatic rings. The molecule has 1 aliphatic heterocycles. The molecule has 0 spiro atoms. The van der Waals surface area contributed by atoms with E-state index in [1.165, 1.54) is 51.0 Å². The largest absolute Gasteiger partial charge is 0.385 e. The highest BCUT2D eigenvalue weighted by molar-refractivity contribution is 5.43. The fourth-order valence-electron chi connectivity index (χ4n) is 2.68. The number of likely N-dealkylation sites (tertiary alicyclic amines) is 1. The minimum atomic E-state index is 0.612. The Morgan fingerprint density at radius 2 is 2.05 bits per heavy atom. The summed E-state index contributed by atoms with van der Waals surface area (Å²) >= 11 is 0. The standard InChI is InChI=1S/C16H26N2O/c1-19-13-7-3-6-11-18-12-10-16(14-18)17-15-8-4-2-5-9-15/h2,4-5,8-9,16-17H,3,6-7,10-14H2,1H3. The number of unbranched alkanes of at least 4 members (excludes halogenated alkanes) is 2. The maximum absolute atomic E-state index is 5.07. The summed E-state index contributed by atoms with van der Waals surface area (Å²) in [5.74, 6) is 0. The van der Waals surface area contributed by atoms with Crippen molar-refractivity contribution in [2.75, 3.05) is 38.7 Å². The van der Waals surface area contributed by atoms with Gasteiger partial charge < -0.3 is 15.0 Å². The quantitative estimate of drug-likeness (QED) is 0.729. The second-order valence-corrected chi connectivity index (χ2v) is 5.35. The van der Waals surface area contributed by atoms with E-state index in [9.17, 15) is 0 Å². The average molecular weight is 262 g/mol. The zero-order valence-electron chi connectivity index (χ0n) is 12.0. The minimum absolute atomic E-state index is 0.612. The van der Waals surface area contributed by atoms with E-state index in [1.54, 1.807) is 7.11 Å². The topological polar surface area (TPSA) is 24.5 Å². The third-order valence-electron chi connectivity index (χ3n) is 3.74. The molecule has 0 bridgehead atoms. The number of nitrogens with zero attached hydrogens (tertiary/aromatic N) is 1. The molecule has 3 heteroatoms. The van der Waals surface area contributed by atoms with Crippen LogP contribution in [0.25, 0.3) is 0 Å². The Morgan fingerprint density at radius 1 is 1.21 bits per heavy atom. The van der Waals surface area contributed by atoms with Crippen LogP contribution in [0.5, 0.6) is 0 Å². The molecule has 1 aromatic rings. The molecule has 2 rings (SSSR count). The first-order chi connectivity index (χ1) is 9.38. The lowest BCUT2D eigenvalue weighted by Gasteiger charge is -2.17. The van der Waals surface area contributed by atoms with Crippen LogP contribution in [0.4, 0.5) is 5.69 Å². The van der Waals surface area contributed by atoms with Crippen molar-refractivity contribution in [3.05, 3.63) is 30.3 Å². The van der Waals surface area contributed by atoms with Gasteiger partial charge in [0.2, 0.25) is 0 Å². The van der Waals surface area contributed by atoms with Crippen LogP contribution >= 0.6 is 0 Å². The second-order valence-electron chi connectivity index (χ2n) is 5.35. The SMILES string of the molecule is COCCCCCN1CCC(Nc2ccccc2)C1. The van der Waals surface area contributed by atoms with Crippen molar-refractivity contribution in [2.45, 2.75) is 31.7 Å². The normalized spacial score (nSPS) is 19.7. The first kappa shape index (κ1) is 14.4. The van der Waals surface area contributed by atoms with Crippen molar-refractivity contribution >= 4 is 5.69 Å². The molecule has 1 atom stereocenters. The monoisotopic (exact) mass is 262 g/mol. The van der Waals surface area contributed by atoms with Gasteiger partial charge in [-0.25, -0.2) is 0 Å². The molecule has 1 aromatic carbocycles. The Kier molecular flexibility index (Phi) is 6.18. The van der Waals surface area contributed by atoms with Crippen LogP contribution in [0, 0.1) is 0 Å². The number of hydrogen-bond donors (Lipinski definition) is 1. The molecule has 0 aliphatic carbocycles. The lowest BCUT2D eigenvalue weighted by atomic mass is 10.2. The maximum atomic E-state index is 5.07. The van der Waals surface area contributed by atoms with Crippen LogP contribution in [0.1, 0.15) is 25.7 Å². The Hall–Kier alpha value is -1.06. The molecular weight excluding hydrogens is 236 g/mol. The molecule has 1 saturated heterocycles. The molecule has 0 radical (unpaired) electrons. The minimum Gasteiger partial charge on any atom is -0.385 e. The molecule has 0 saturated carbocycles. The Labute approximate surface area is 116 Å². The molecule has 3 nitrogen and oxygen atoms in total. The average Bonchev–Trinajstić information content (AvgIpc) is 2.87. The number of ether oxygens (including phenoxy) is 1. The molecule has 1 unspecified atom stereocenters. The molecule has 106 valence electrons. The summed E-state index contributed by atoms with van der Waals surface area (Å²) < 4.78 is 5.07. The Morgan fingerprint density at radius 3 is 2.84 bits per heavy atom. The van der Waals surface area contributed by atoms with Crippen LogP contribution < -0.4 is 5.32 Å². The third kappa shape index (κ3) is 5.21. The summed E-state index contributed by atoms with van der Waals surface area (Å²) in [7, 11) is 1.78. The summed E-state index contributed by atoms with van der Waals surface area (Å²) in [6.07, 6.45) is 5.02.